The number of ether oxygens (including phenoxy) is 2. The number of carbonyl (C=O) groups is 2. The van der Waals surface area contributed by atoms with Gasteiger partial charge in [-0.25, -0.2) is 4.79 Å². The van der Waals surface area contributed by atoms with Crippen molar-refractivity contribution in [3.05, 3.63) is 48.0 Å². The van der Waals surface area contributed by atoms with Gasteiger partial charge in [0.15, 0.2) is 0 Å². The Bertz CT molecular complexity index is 775. The van der Waals surface area contributed by atoms with E-state index in [0.29, 0.717) is 11.5 Å². The van der Waals surface area contributed by atoms with Gasteiger partial charge in [-0.2, -0.15) is 0 Å². The molecule has 1 fully saturated rings. The van der Waals surface area contributed by atoms with E-state index in [-0.39, 0.29) is 29.9 Å². The van der Waals surface area contributed by atoms with Crippen LogP contribution in [0.2, 0.25) is 0 Å². The predicted octanol–water partition coefficient (Wildman–Crippen LogP) is 4.48. The van der Waals surface area contributed by atoms with Crippen molar-refractivity contribution in [1.29, 1.82) is 0 Å². The molecule has 1 aromatic heterocycles. The third-order valence-corrected chi connectivity index (χ3v) is 7.03. The third-order valence-electron chi connectivity index (χ3n) is 7.03. The van der Waals surface area contributed by atoms with Gasteiger partial charge in [0.1, 0.15) is 6.61 Å². The average molecular weight is 386 g/mol. The van der Waals surface area contributed by atoms with Gasteiger partial charge in [0.05, 0.1) is 19.6 Å². The maximum atomic E-state index is 12.6. The number of hydrogen-bond donors (Lipinski definition) is 0. The molecule has 0 aromatic carbocycles. The van der Waals surface area contributed by atoms with Crippen LogP contribution in [0.15, 0.2) is 46.8 Å². The molecular weight excluding hydrogens is 356 g/mol. The van der Waals surface area contributed by atoms with Crippen LogP contribution >= 0.6 is 0 Å². The van der Waals surface area contributed by atoms with Crippen LogP contribution in [0.25, 0.3) is 0 Å². The monoisotopic (exact) mass is 386 g/mol. The van der Waals surface area contributed by atoms with Crippen LogP contribution in [0.3, 0.4) is 0 Å². The molecule has 152 valence electrons. The molecule has 0 saturated heterocycles. The second-order valence-electron chi connectivity index (χ2n) is 8.45. The van der Waals surface area contributed by atoms with E-state index in [2.05, 4.69) is 19.9 Å². The Balaban J connectivity index is 1.98. The van der Waals surface area contributed by atoms with Crippen molar-refractivity contribution < 1.29 is 23.5 Å². The van der Waals surface area contributed by atoms with Crippen LogP contribution < -0.4 is 0 Å². The predicted molar refractivity (Wildman–Crippen MR) is 105 cm³/mol. The summed E-state index contributed by atoms with van der Waals surface area (Å²) in [6, 6.07) is 2.00. The summed E-state index contributed by atoms with van der Waals surface area (Å²) in [5, 5.41) is 0. The van der Waals surface area contributed by atoms with E-state index < -0.39 is 5.41 Å². The lowest BCUT2D eigenvalue weighted by atomic mass is 9.47. The van der Waals surface area contributed by atoms with Crippen LogP contribution in [-0.4, -0.2) is 25.7 Å². The Hall–Kier alpha value is -2.30. The van der Waals surface area contributed by atoms with Gasteiger partial charge in [-0.1, -0.05) is 32.1 Å². The van der Waals surface area contributed by atoms with Crippen molar-refractivity contribution in [1.82, 2.24) is 0 Å². The molecule has 0 radical (unpaired) electrons. The first-order chi connectivity index (χ1) is 13.3. The zero-order valence-electron chi connectivity index (χ0n) is 17.2. The van der Waals surface area contributed by atoms with Crippen molar-refractivity contribution >= 4 is 11.9 Å². The number of hydrogen-bond acceptors (Lipinski definition) is 5. The highest BCUT2D eigenvalue weighted by Gasteiger charge is 2.57. The van der Waals surface area contributed by atoms with E-state index in [9.17, 15) is 9.59 Å². The van der Waals surface area contributed by atoms with Gasteiger partial charge in [0.2, 0.25) is 0 Å². The van der Waals surface area contributed by atoms with Crippen molar-refractivity contribution in [3.8, 4) is 0 Å². The Morgan fingerprint density at radius 3 is 2.79 bits per heavy atom. The highest BCUT2D eigenvalue weighted by molar-refractivity contribution is 5.91. The van der Waals surface area contributed by atoms with Gasteiger partial charge in [-0.3, -0.25) is 4.79 Å². The Morgan fingerprint density at radius 1 is 1.36 bits per heavy atom. The molecule has 0 spiro atoms. The number of esters is 2. The van der Waals surface area contributed by atoms with Gasteiger partial charge >= 0.3 is 11.9 Å². The molecule has 0 bridgehead atoms. The highest BCUT2D eigenvalue weighted by atomic mass is 16.5. The van der Waals surface area contributed by atoms with Gasteiger partial charge < -0.3 is 13.9 Å². The fourth-order valence-corrected chi connectivity index (χ4v) is 5.13. The van der Waals surface area contributed by atoms with Crippen molar-refractivity contribution in [3.63, 3.8) is 0 Å². The first-order valence-electron chi connectivity index (χ1n) is 9.95. The normalized spacial score (nSPS) is 31.6. The standard InChI is InChI=1S/C23H30O5/c1-16-8-12-23(15-28-17(2)24)19(21(25)26-4)6-5-7-20(23)22(16,3)11-9-18-10-13-27-14-18/h5-7,10,13-14,16,20H,8-9,11-12,15H2,1-4H3. The average Bonchev–Trinajstić information content (AvgIpc) is 3.21. The lowest BCUT2D eigenvalue weighted by Crippen LogP contribution is -2.53. The molecule has 3 rings (SSSR count). The Morgan fingerprint density at radius 2 is 2.14 bits per heavy atom. The molecule has 0 aliphatic heterocycles. The van der Waals surface area contributed by atoms with Crippen molar-refractivity contribution in [2.75, 3.05) is 13.7 Å². The summed E-state index contributed by atoms with van der Waals surface area (Å²) < 4.78 is 15.8. The number of rotatable bonds is 6. The Kier molecular flexibility index (Phi) is 5.82. The fraction of sp³-hybridized carbons (Fsp3) is 0.565. The molecule has 0 amide bonds. The number of furan rings is 1. The number of methoxy groups -OCH3 is 1. The lowest BCUT2D eigenvalue weighted by Gasteiger charge is -2.56. The third kappa shape index (κ3) is 3.54. The first-order valence-corrected chi connectivity index (χ1v) is 9.95. The van der Waals surface area contributed by atoms with Crippen molar-refractivity contribution in [2.24, 2.45) is 22.7 Å². The van der Waals surface area contributed by atoms with Crippen LogP contribution in [0.5, 0.6) is 0 Å². The zero-order chi connectivity index (χ0) is 20.4. The molecule has 5 heteroatoms. The molecule has 4 atom stereocenters. The summed E-state index contributed by atoms with van der Waals surface area (Å²) in [7, 11) is 1.40. The summed E-state index contributed by atoms with van der Waals surface area (Å²) in [5.41, 5.74) is 1.18. The summed E-state index contributed by atoms with van der Waals surface area (Å²) in [6.45, 7) is 6.20. The van der Waals surface area contributed by atoms with Gasteiger partial charge in [-0.05, 0) is 54.6 Å². The Labute approximate surface area is 166 Å². The summed E-state index contributed by atoms with van der Waals surface area (Å²) in [4.78, 5) is 24.3. The van der Waals surface area contributed by atoms with Gasteiger partial charge in [0, 0.05) is 17.9 Å². The minimum Gasteiger partial charge on any atom is -0.472 e. The summed E-state index contributed by atoms with van der Waals surface area (Å²) in [6.07, 6.45) is 13.1. The van der Waals surface area contributed by atoms with Crippen LogP contribution in [-0.2, 0) is 25.5 Å². The second-order valence-corrected chi connectivity index (χ2v) is 8.45. The molecule has 2 aliphatic rings. The molecule has 4 unspecified atom stereocenters. The molecule has 28 heavy (non-hydrogen) atoms. The minimum atomic E-state index is -0.550. The zero-order valence-corrected chi connectivity index (χ0v) is 17.2. The van der Waals surface area contributed by atoms with E-state index in [1.54, 1.807) is 12.5 Å². The molecule has 0 N–H and O–H groups in total. The van der Waals surface area contributed by atoms with Crippen LogP contribution in [0.1, 0.15) is 45.6 Å². The number of aryl methyl sites for hydroxylation is 1. The molecule has 1 saturated carbocycles. The SMILES string of the molecule is COC(=O)C1=CC=CC2C1(COC(C)=O)CCC(C)C2(C)CCc1ccoc1. The first kappa shape index (κ1) is 20.4. The summed E-state index contributed by atoms with van der Waals surface area (Å²) >= 11 is 0. The molecule has 2 aliphatic carbocycles. The smallest absolute Gasteiger partial charge is 0.334 e. The van der Waals surface area contributed by atoms with Gasteiger partial charge in [0.25, 0.3) is 0 Å². The highest BCUT2D eigenvalue weighted by Crippen LogP contribution is 2.60. The number of allylic oxidation sites excluding steroid dienone is 3. The minimum absolute atomic E-state index is 0.0559. The fourth-order valence-electron chi connectivity index (χ4n) is 5.13. The van der Waals surface area contributed by atoms with Crippen LogP contribution in [0, 0.1) is 22.7 Å². The lowest BCUT2D eigenvalue weighted by molar-refractivity contribution is -0.152. The van der Waals surface area contributed by atoms with Crippen LogP contribution in [0.4, 0.5) is 0 Å². The molecular formula is C23H30O5. The molecule has 1 aromatic rings. The maximum absolute atomic E-state index is 12.6. The van der Waals surface area contributed by atoms with E-state index >= 15 is 0 Å². The molecule has 1 heterocycles. The van der Waals surface area contributed by atoms with E-state index in [1.807, 2.05) is 18.2 Å². The van der Waals surface area contributed by atoms with Gasteiger partial charge in [-0.15, -0.1) is 0 Å². The van der Waals surface area contributed by atoms with Crippen molar-refractivity contribution in [2.45, 2.75) is 46.5 Å². The molecule has 5 nitrogen and oxygen atoms in total. The maximum Gasteiger partial charge on any atom is 0.334 e. The van der Waals surface area contributed by atoms with E-state index in [1.165, 1.54) is 19.6 Å². The quantitative estimate of drug-likeness (QED) is 0.674. The van der Waals surface area contributed by atoms with E-state index in [4.69, 9.17) is 13.9 Å². The number of carbonyl (C=O) groups excluding carboxylic acids is 2. The second kappa shape index (κ2) is 7.98. The number of fused-ring (bicyclic) bond motifs is 1. The summed E-state index contributed by atoms with van der Waals surface area (Å²) in [5.74, 6) is -0.121. The van der Waals surface area contributed by atoms with E-state index in [0.717, 1.165) is 25.7 Å². The topological polar surface area (TPSA) is 65.7 Å². The largest absolute Gasteiger partial charge is 0.472 e.